The number of nitrogens with one attached hydrogen (secondary N) is 2. The van der Waals surface area contributed by atoms with Gasteiger partial charge in [-0.15, -0.1) is 11.3 Å². The summed E-state index contributed by atoms with van der Waals surface area (Å²) in [6, 6.07) is 0. The van der Waals surface area contributed by atoms with Gasteiger partial charge in [-0.1, -0.05) is 20.3 Å². The number of carbonyl (C=O) groups is 2. The fraction of sp³-hybridized carbons (Fsp3) is 0.684. The predicted octanol–water partition coefficient (Wildman–Crippen LogP) is 2.30. The first-order chi connectivity index (χ1) is 12.0. The quantitative estimate of drug-likeness (QED) is 0.693. The average molecular weight is 368 g/mol. The van der Waals surface area contributed by atoms with Crippen molar-refractivity contribution in [1.29, 1.82) is 0 Å². The molecule has 0 saturated heterocycles. The Morgan fingerprint density at radius 2 is 2.12 bits per heavy atom. The van der Waals surface area contributed by atoms with E-state index >= 15 is 0 Å². The number of fused-ring (bicyclic) bond motifs is 1. The Morgan fingerprint density at radius 1 is 1.36 bits per heavy atom. The van der Waals surface area contributed by atoms with Gasteiger partial charge in [0, 0.05) is 4.88 Å². The minimum Gasteiger partial charge on any atom is -0.462 e. The lowest BCUT2D eigenvalue weighted by atomic mass is 9.88. The minimum atomic E-state index is -0.309. The van der Waals surface area contributed by atoms with Gasteiger partial charge in [0.15, 0.2) is 6.54 Å². The van der Waals surface area contributed by atoms with Gasteiger partial charge in [0.25, 0.3) is 5.91 Å². The summed E-state index contributed by atoms with van der Waals surface area (Å²) in [5.41, 5.74) is 1.68. The van der Waals surface area contributed by atoms with Gasteiger partial charge in [-0.3, -0.25) is 4.79 Å². The molecule has 2 N–H and O–H groups in total. The number of amides is 1. The van der Waals surface area contributed by atoms with Crippen LogP contribution in [0.1, 0.15) is 60.8 Å². The largest absolute Gasteiger partial charge is 0.462 e. The molecular formula is C19H31N2O3S+. The molecule has 0 saturated carbocycles. The Balaban J connectivity index is 2.16. The molecule has 1 amide bonds. The van der Waals surface area contributed by atoms with Crippen molar-refractivity contribution >= 4 is 28.2 Å². The third kappa shape index (κ3) is 5.28. The Morgan fingerprint density at radius 3 is 2.80 bits per heavy atom. The highest BCUT2D eigenvalue weighted by Crippen LogP contribution is 2.40. The van der Waals surface area contributed by atoms with E-state index in [9.17, 15) is 9.59 Å². The van der Waals surface area contributed by atoms with Crippen molar-refractivity contribution in [2.45, 2.75) is 52.9 Å². The monoisotopic (exact) mass is 367 g/mol. The number of hydrogen-bond acceptors (Lipinski definition) is 4. The van der Waals surface area contributed by atoms with E-state index in [1.807, 2.05) is 14.0 Å². The SMILES string of the molecule is CCCC[NH+](C)CC(=O)Nc1sc2c(c1C(=O)OCC)CC[C@@H](C)C2. The van der Waals surface area contributed by atoms with Crippen LogP contribution in [0.4, 0.5) is 5.00 Å². The van der Waals surface area contributed by atoms with Crippen molar-refractivity contribution in [2.24, 2.45) is 5.92 Å². The molecule has 2 atom stereocenters. The van der Waals surface area contributed by atoms with E-state index in [4.69, 9.17) is 4.74 Å². The molecule has 1 aromatic heterocycles. The normalized spacial score (nSPS) is 17.7. The Labute approximate surface area is 154 Å². The number of likely N-dealkylation sites (N-methyl/N-ethyl adjacent to an activating group) is 1. The smallest absolute Gasteiger partial charge is 0.341 e. The number of thiophene rings is 1. The van der Waals surface area contributed by atoms with Gasteiger partial charge in [0.2, 0.25) is 0 Å². The molecule has 0 spiro atoms. The summed E-state index contributed by atoms with van der Waals surface area (Å²) >= 11 is 1.55. The van der Waals surface area contributed by atoms with Gasteiger partial charge in [0.05, 0.1) is 25.8 Å². The zero-order valence-electron chi connectivity index (χ0n) is 15.9. The number of esters is 1. The maximum atomic E-state index is 12.5. The Kier molecular flexibility index (Phi) is 7.44. The summed E-state index contributed by atoms with van der Waals surface area (Å²) in [5, 5.41) is 3.66. The fourth-order valence-corrected chi connectivity index (χ4v) is 4.68. The summed E-state index contributed by atoms with van der Waals surface area (Å²) in [5.74, 6) is 0.275. The van der Waals surface area contributed by atoms with Gasteiger partial charge in [-0.2, -0.15) is 0 Å². The van der Waals surface area contributed by atoms with Crippen LogP contribution in [0, 0.1) is 5.92 Å². The third-order valence-electron chi connectivity index (χ3n) is 4.66. The van der Waals surface area contributed by atoms with Crippen LogP contribution >= 0.6 is 11.3 Å². The van der Waals surface area contributed by atoms with E-state index in [1.165, 1.54) is 9.78 Å². The number of quaternary nitrogens is 1. The second kappa shape index (κ2) is 9.34. The summed E-state index contributed by atoms with van der Waals surface area (Å²) in [7, 11) is 2.03. The van der Waals surface area contributed by atoms with Gasteiger partial charge < -0.3 is 15.0 Å². The number of ether oxygens (including phenoxy) is 1. The minimum absolute atomic E-state index is 0.0363. The second-order valence-corrected chi connectivity index (χ2v) is 8.17. The molecule has 1 aromatic rings. The predicted molar refractivity (Wildman–Crippen MR) is 102 cm³/mol. The van der Waals surface area contributed by atoms with Gasteiger partial charge in [-0.25, -0.2) is 4.79 Å². The molecule has 6 heteroatoms. The lowest BCUT2D eigenvalue weighted by Crippen LogP contribution is -3.10. The molecule has 140 valence electrons. The zero-order chi connectivity index (χ0) is 18.4. The van der Waals surface area contributed by atoms with E-state index in [1.54, 1.807) is 11.3 Å². The number of unbranched alkanes of at least 4 members (excludes halogenated alkanes) is 1. The summed E-state index contributed by atoms with van der Waals surface area (Å²) < 4.78 is 5.25. The first-order valence-corrected chi connectivity index (χ1v) is 10.2. The van der Waals surface area contributed by atoms with Crippen LogP contribution < -0.4 is 10.2 Å². The number of anilines is 1. The standard InChI is InChI=1S/C19H30N2O3S/c1-5-7-10-21(4)12-16(22)20-18-17(19(23)24-6-2)14-9-8-13(3)11-15(14)25-18/h13H,5-12H2,1-4H3,(H,20,22)/p+1/t13-/m1/s1. The Bertz CT molecular complexity index is 612. The van der Waals surface area contributed by atoms with Crippen molar-refractivity contribution < 1.29 is 19.2 Å². The van der Waals surface area contributed by atoms with E-state index < -0.39 is 0 Å². The molecule has 1 aliphatic carbocycles. The number of hydrogen-bond donors (Lipinski definition) is 2. The van der Waals surface area contributed by atoms with E-state index in [-0.39, 0.29) is 11.9 Å². The first-order valence-electron chi connectivity index (χ1n) is 9.39. The lowest BCUT2D eigenvalue weighted by molar-refractivity contribution is -0.871. The van der Waals surface area contributed by atoms with E-state index in [0.717, 1.165) is 44.2 Å². The van der Waals surface area contributed by atoms with Crippen LogP contribution in [0.5, 0.6) is 0 Å². The highest BCUT2D eigenvalue weighted by Gasteiger charge is 2.29. The van der Waals surface area contributed by atoms with Crippen LogP contribution in [-0.2, 0) is 22.4 Å². The first kappa shape index (κ1) is 19.9. The highest BCUT2D eigenvalue weighted by atomic mass is 32.1. The molecule has 0 bridgehead atoms. The van der Waals surface area contributed by atoms with Crippen molar-refractivity contribution in [3.63, 3.8) is 0 Å². The molecule has 5 nitrogen and oxygen atoms in total. The van der Waals surface area contributed by atoms with Crippen LogP contribution in [-0.4, -0.2) is 38.6 Å². The van der Waals surface area contributed by atoms with Crippen molar-refractivity contribution in [3.05, 3.63) is 16.0 Å². The van der Waals surface area contributed by atoms with Crippen LogP contribution in [0.2, 0.25) is 0 Å². The molecule has 0 radical (unpaired) electrons. The summed E-state index contributed by atoms with van der Waals surface area (Å²) in [6.45, 7) is 7.93. The second-order valence-electron chi connectivity index (χ2n) is 7.06. The zero-order valence-corrected chi connectivity index (χ0v) is 16.7. The molecule has 0 fully saturated rings. The fourth-order valence-electron chi connectivity index (χ4n) is 3.27. The molecule has 1 unspecified atom stereocenters. The van der Waals surface area contributed by atoms with E-state index in [0.29, 0.717) is 29.6 Å². The van der Waals surface area contributed by atoms with Gasteiger partial charge >= 0.3 is 5.97 Å². The summed E-state index contributed by atoms with van der Waals surface area (Å²) in [4.78, 5) is 27.3. The molecule has 2 rings (SSSR count). The van der Waals surface area contributed by atoms with Gasteiger partial charge in [-0.05, 0) is 44.1 Å². The number of carbonyl (C=O) groups excluding carboxylic acids is 2. The molecule has 0 aliphatic heterocycles. The highest BCUT2D eigenvalue weighted by molar-refractivity contribution is 7.17. The number of rotatable bonds is 8. The van der Waals surface area contributed by atoms with Crippen LogP contribution in [0.25, 0.3) is 0 Å². The van der Waals surface area contributed by atoms with Gasteiger partial charge in [0.1, 0.15) is 5.00 Å². The molecule has 25 heavy (non-hydrogen) atoms. The topological polar surface area (TPSA) is 59.8 Å². The van der Waals surface area contributed by atoms with Crippen molar-refractivity contribution in [3.8, 4) is 0 Å². The Hall–Kier alpha value is -1.40. The lowest BCUT2D eigenvalue weighted by Gasteiger charge is -2.18. The molecule has 0 aromatic carbocycles. The van der Waals surface area contributed by atoms with Crippen LogP contribution in [0.3, 0.4) is 0 Å². The van der Waals surface area contributed by atoms with Crippen molar-refractivity contribution in [1.82, 2.24) is 0 Å². The molecule has 1 heterocycles. The third-order valence-corrected chi connectivity index (χ3v) is 5.83. The average Bonchev–Trinajstić information content (AvgIpc) is 2.89. The maximum Gasteiger partial charge on any atom is 0.341 e. The summed E-state index contributed by atoms with van der Waals surface area (Å²) in [6.07, 6.45) is 5.18. The molecule has 1 aliphatic rings. The van der Waals surface area contributed by atoms with Crippen LogP contribution in [0.15, 0.2) is 0 Å². The maximum absolute atomic E-state index is 12.5. The van der Waals surface area contributed by atoms with Crippen molar-refractivity contribution in [2.75, 3.05) is 32.1 Å². The van der Waals surface area contributed by atoms with E-state index in [2.05, 4.69) is 19.2 Å². The molecular weight excluding hydrogens is 336 g/mol.